The third kappa shape index (κ3) is 4.12. The Hall–Kier alpha value is -1.32. The largest absolute Gasteiger partial charge is 0.462 e. The van der Waals surface area contributed by atoms with E-state index in [2.05, 4.69) is 54.5 Å². The minimum absolute atomic E-state index is 0.00846. The lowest BCUT2D eigenvalue weighted by Crippen LogP contribution is -2.59. The fraction of sp³-hybridized carbons (Fsp3) is 0.882. The van der Waals surface area contributed by atoms with Crippen molar-refractivity contribution in [2.75, 3.05) is 0 Å². The van der Waals surface area contributed by atoms with Gasteiger partial charge in [-0.1, -0.05) is 60.1 Å². The maximum absolute atomic E-state index is 11.9. The van der Waals surface area contributed by atoms with Crippen LogP contribution < -0.4 is 0 Å². The molecule has 4 heteroatoms. The van der Waals surface area contributed by atoms with Crippen LogP contribution in [0.15, 0.2) is 11.6 Å². The Kier molecular flexibility index (Phi) is 6.76. The average Bonchev–Trinajstić information content (AvgIpc) is 2.94. The van der Waals surface area contributed by atoms with E-state index < -0.39 is 0 Å². The maximum Gasteiger partial charge on any atom is 0.302 e. The average molecular weight is 527 g/mol. The van der Waals surface area contributed by atoms with Gasteiger partial charge in [0, 0.05) is 24.7 Å². The molecule has 214 valence electrons. The first kappa shape index (κ1) is 28.2. The van der Waals surface area contributed by atoms with Gasteiger partial charge in [-0.25, -0.2) is 0 Å². The van der Waals surface area contributed by atoms with Gasteiger partial charge in [-0.3, -0.25) is 9.59 Å². The van der Waals surface area contributed by atoms with Crippen LogP contribution in [0.2, 0.25) is 0 Å². The first-order chi connectivity index (χ1) is 17.6. The van der Waals surface area contributed by atoms with Gasteiger partial charge in [0.15, 0.2) is 0 Å². The van der Waals surface area contributed by atoms with E-state index in [1.807, 2.05) is 0 Å². The summed E-state index contributed by atoms with van der Waals surface area (Å²) in [4.78, 5) is 23.8. The van der Waals surface area contributed by atoms with Crippen LogP contribution in [0.3, 0.4) is 0 Å². The Morgan fingerprint density at radius 2 is 1.24 bits per heavy atom. The first-order valence-corrected chi connectivity index (χ1v) is 15.6. The molecule has 0 aromatic rings. The normalized spacial score (nSPS) is 47.1. The third-order valence-corrected chi connectivity index (χ3v) is 13.4. The zero-order valence-corrected chi connectivity index (χ0v) is 25.7. The van der Waals surface area contributed by atoms with Crippen LogP contribution in [0.5, 0.6) is 0 Å². The number of esters is 2. The van der Waals surface area contributed by atoms with Gasteiger partial charge in [-0.05, 0) is 104 Å². The van der Waals surface area contributed by atoms with Crippen LogP contribution in [0, 0.1) is 50.7 Å². The van der Waals surface area contributed by atoms with Crippen LogP contribution in [-0.4, -0.2) is 24.1 Å². The second-order valence-electron chi connectivity index (χ2n) is 16.1. The lowest BCUT2D eigenvalue weighted by molar-refractivity contribution is -0.192. The number of fused-ring (bicyclic) bond motifs is 6. The molecule has 38 heavy (non-hydrogen) atoms. The van der Waals surface area contributed by atoms with E-state index in [1.165, 1.54) is 38.5 Å². The molecule has 0 aromatic heterocycles. The molecular formula is C34H54O4. The summed E-state index contributed by atoms with van der Waals surface area (Å²) >= 11 is 0. The highest BCUT2D eigenvalue weighted by molar-refractivity contribution is 5.66. The summed E-state index contributed by atoms with van der Waals surface area (Å²) in [7, 11) is 0. The highest BCUT2D eigenvalue weighted by Crippen LogP contribution is 2.70. The Morgan fingerprint density at radius 3 is 1.82 bits per heavy atom. The summed E-state index contributed by atoms with van der Waals surface area (Å²) in [6, 6.07) is 0. The maximum atomic E-state index is 11.9. The Morgan fingerprint density at radius 1 is 0.684 bits per heavy atom. The SMILES string of the molecule is CC(=O)OC1CC[C@@]2(C)[C@H](CC[C@@]3(C)CC4=CC[C@H]5C(C)(C)C(OC(C)=O)CC[C@]5(C)[C@H]4CC[C@H]32)C1(C)C. The molecule has 5 rings (SSSR count). The standard InChI is InChI=1S/C34H54O4/c1-21(35)37-28-15-18-33(8)24-11-13-27-32(7,20-23(24)10-12-25(33)30(28,3)4)17-14-26-31(5,6)29(38-22(2)36)16-19-34(26,27)9/h10,24-29H,11-20H2,1-9H3/t24-,25-,26+,27+,28?,29?,32-,33+,34-/m0/s1. The minimum atomic E-state index is -0.140. The van der Waals surface area contributed by atoms with Crippen molar-refractivity contribution in [2.24, 2.45) is 50.7 Å². The molecule has 9 atom stereocenters. The van der Waals surface area contributed by atoms with E-state index in [1.54, 1.807) is 19.4 Å². The number of carbonyl (C=O) groups is 2. The van der Waals surface area contributed by atoms with Gasteiger partial charge in [0.1, 0.15) is 12.2 Å². The summed E-state index contributed by atoms with van der Waals surface area (Å²) in [6.45, 7) is 20.4. The molecule has 0 bridgehead atoms. The van der Waals surface area contributed by atoms with Gasteiger partial charge in [0.25, 0.3) is 0 Å². The monoisotopic (exact) mass is 526 g/mol. The molecule has 0 spiro atoms. The van der Waals surface area contributed by atoms with Crippen LogP contribution >= 0.6 is 0 Å². The zero-order valence-electron chi connectivity index (χ0n) is 25.7. The highest BCUT2D eigenvalue weighted by atomic mass is 16.5. The van der Waals surface area contributed by atoms with E-state index >= 15 is 0 Å². The van der Waals surface area contributed by atoms with Gasteiger partial charge in [0.05, 0.1) is 0 Å². The third-order valence-electron chi connectivity index (χ3n) is 13.4. The summed E-state index contributed by atoms with van der Waals surface area (Å²) in [6.07, 6.45) is 14.4. The second-order valence-corrected chi connectivity index (χ2v) is 16.1. The van der Waals surface area contributed by atoms with Gasteiger partial charge in [-0.15, -0.1) is 0 Å². The molecule has 5 aliphatic rings. The lowest BCUT2D eigenvalue weighted by atomic mass is 9.42. The molecule has 0 N–H and O–H groups in total. The molecule has 0 aromatic carbocycles. The number of rotatable bonds is 2. The summed E-state index contributed by atoms with van der Waals surface area (Å²) in [5, 5.41) is 0. The Bertz CT molecular complexity index is 1010. The van der Waals surface area contributed by atoms with Crippen LogP contribution in [0.1, 0.15) is 127 Å². The van der Waals surface area contributed by atoms with Crippen molar-refractivity contribution in [1.82, 2.24) is 0 Å². The van der Waals surface area contributed by atoms with Crippen molar-refractivity contribution < 1.29 is 19.1 Å². The van der Waals surface area contributed by atoms with Crippen molar-refractivity contribution in [3.63, 3.8) is 0 Å². The van der Waals surface area contributed by atoms with Crippen molar-refractivity contribution in [3.05, 3.63) is 11.6 Å². The Balaban J connectivity index is 1.44. The molecule has 4 saturated carbocycles. The molecule has 2 unspecified atom stereocenters. The van der Waals surface area contributed by atoms with Crippen molar-refractivity contribution in [3.8, 4) is 0 Å². The van der Waals surface area contributed by atoms with Crippen molar-refractivity contribution >= 4 is 11.9 Å². The van der Waals surface area contributed by atoms with E-state index in [0.717, 1.165) is 25.7 Å². The summed E-state index contributed by atoms with van der Waals surface area (Å²) in [5.41, 5.74) is 2.62. The van der Waals surface area contributed by atoms with E-state index in [-0.39, 0.29) is 45.8 Å². The highest BCUT2D eigenvalue weighted by Gasteiger charge is 2.63. The van der Waals surface area contributed by atoms with Gasteiger partial charge in [-0.2, -0.15) is 0 Å². The van der Waals surface area contributed by atoms with Crippen LogP contribution in [-0.2, 0) is 19.1 Å². The minimum Gasteiger partial charge on any atom is -0.462 e. The molecule has 0 heterocycles. The first-order valence-electron chi connectivity index (χ1n) is 15.6. The van der Waals surface area contributed by atoms with E-state index in [4.69, 9.17) is 9.47 Å². The predicted molar refractivity (Wildman–Crippen MR) is 151 cm³/mol. The van der Waals surface area contributed by atoms with Crippen LogP contribution in [0.4, 0.5) is 0 Å². The summed E-state index contributed by atoms with van der Waals surface area (Å²) in [5.74, 6) is 2.18. The second kappa shape index (κ2) is 9.10. The van der Waals surface area contributed by atoms with Crippen molar-refractivity contribution in [1.29, 1.82) is 0 Å². The summed E-state index contributed by atoms with van der Waals surface area (Å²) < 4.78 is 11.8. The number of hydrogen-bond donors (Lipinski definition) is 0. The van der Waals surface area contributed by atoms with E-state index in [0.29, 0.717) is 29.1 Å². The van der Waals surface area contributed by atoms with Crippen molar-refractivity contribution in [2.45, 2.75) is 139 Å². The quantitative estimate of drug-likeness (QED) is 0.268. The molecule has 4 fully saturated rings. The molecule has 4 nitrogen and oxygen atoms in total. The number of allylic oxidation sites excluding steroid dienone is 2. The molecule has 0 saturated heterocycles. The smallest absolute Gasteiger partial charge is 0.302 e. The number of ether oxygens (including phenoxy) is 2. The topological polar surface area (TPSA) is 52.6 Å². The number of carbonyl (C=O) groups excluding carboxylic acids is 2. The van der Waals surface area contributed by atoms with Gasteiger partial charge < -0.3 is 9.47 Å². The van der Waals surface area contributed by atoms with Crippen LogP contribution in [0.25, 0.3) is 0 Å². The number of hydrogen-bond acceptors (Lipinski definition) is 4. The predicted octanol–water partition coefficient (Wildman–Crippen LogP) is 8.28. The molecule has 0 radical (unpaired) electrons. The molecule has 0 aliphatic heterocycles. The molecule has 0 amide bonds. The zero-order chi connectivity index (χ0) is 27.9. The molecular weight excluding hydrogens is 472 g/mol. The molecule has 5 aliphatic carbocycles. The van der Waals surface area contributed by atoms with Gasteiger partial charge >= 0.3 is 11.9 Å². The lowest BCUT2D eigenvalue weighted by Gasteiger charge is -2.64. The van der Waals surface area contributed by atoms with Gasteiger partial charge in [0.2, 0.25) is 0 Å². The Labute approximate surface area is 232 Å². The fourth-order valence-electron chi connectivity index (χ4n) is 11.7. The van der Waals surface area contributed by atoms with E-state index in [9.17, 15) is 9.59 Å². The fourth-order valence-corrected chi connectivity index (χ4v) is 11.7.